The van der Waals surface area contributed by atoms with Crippen molar-refractivity contribution in [1.82, 2.24) is 0 Å². The number of nitro groups is 1. The zero-order valence-corrected chi connectivity index (χ0v) is 9.77. The van der Waals surface area contributed by atoms with Crippen LogP contribution >= 0.6 is 0 Å². The SMILES string of the molecule is CCC(Cc1cccc([N+](=O)[O-])c1F)C(C)=O. The van der Waals surface area contributed by atoms with Gasteiger partial charge in [-0.05, 0) is 25.3 Å². The van der Waals surface area contributed by atoms with Gasteiger partial charge in [0.2, 0.25) is 5.82 Å². The van der Waals surface area contributed by atoms with Gasteiger partial charge in [-0.25, -0.2) is 0 Å². The number of hydrogen-bond acceptors (Lipinski definition) is 3. The Labute approximate surface area is 98.6 Å². The molecule has 0 amide bonds. The molecule has 5 heteroatoms. The second kappa shape index (κ2) is 5.52. The fraction of sp³-hybridized carbons (Fsp3) is 0.417. The lowest BCUT2D eigenvalue weighted by molar-refractivity contribution is -0.387. The zero-order chi connectivity index (χ0) is 13.0. The lowest BCUT2D eigenvalue weighted by Gasteiger charge is -2.11. The maximum absolute atomic E-state index is 13.7. The van der Waals surface area contributed by atoms with Gasteiger partial charge in [-0.2, -0.15) is 4.39 Å². The van der Waals surface area contributed by atoms with Crippen LogP contribution in [0.5, 0.6) is 0 Å². The molecule has 1 rings (SSSR count). The average molecular weight is 239 g/mol. The van der Waals surface area contributed by atoms with E-state index in [-0.39, 0.29) is 23.7 Å². The molecule has 92 valence electrons. The van der Waals surface area contributed by atoms with Crippen molar-refractivity contribution in [2.24, 2.45) is 5.92 Å². The highest BCUT2D eigenvalue weighted by Crippen LogP contribution is 2.23. The Balaban J connectivity index is 3.03. The summed E-state index contributed by atoms with van der Waals surface area (Å²) in [5.41, 5.74) is -0.317. The number of hydrogen-bond donors (Lipinski definition) is 0. The van der Waals surface area contributed by atoms with Crippen LogP contribution in [0.3, 0.4) is 0 Å². The number of halogens is 1. The summed E-state index contributed by atoms with van der Waals surface area (Å²) in [6.07, 6.45) is 0.802. The van der Waals surface area contributed by atoms with Crippen LogP contribution in [0.25, 0.3) is 0 Å². The van der Waals surface area contributed by atoms with Crippen LogP contribution in [0, 0.1) is 21.8 Å². The number of rotatable bonds is 5. The lowest BCUT2D eigenvalue weighted by atomic mass is 9.93. The highest BCUT2D eigenvalue weighted by molar-refractivity contribution is 5.78. The van der Waals surface area contributed by atoms with E-state index >= 15 is 0 Å². The first-order valence-corrected chi connectivity index (χ1v) is 5.39. The van der Waals surface area contributed by atoms with Crippen molar-refractivity contribution >= 4 is 11.5 Å². The summed E-state index contributed by atoms with van der Waals surface area (Å²) in [4.78, 5) is 21.1. The molecular formula is C12H14FNO3. The van der Waals surface area contributed by atoms with Gasteiger partial charge in [0.25, 0.3) is 0 Å². The minimum Gasteiger partial charge on any atom is -0.300 e. The molecule has 0 N–H and O–H groups in total. The first-order chi connectivity index (χ1) is 7.97. The van der Waals surface area contributed by atoms with Crippen LogP contribution in [0.4, 0.5) is 10.1 Å². The lowest BCUT2D eigenvalue weighted by Crippen LogP contribution is -2.14. The zero-order valence-electron chi connectivity index (χ0n) is 9.77. The van der Waals surface area contributed by atoms with E-state index in [9.17, 15) is 19.3 Å². The first kappa shape index (κ1) is 13.3. The van der Waals surface area contributed by atoms with Gasteiger partial charge in [0, 0.05) is 12.0 Å². The molecule has 4 nitrogen and oxygen atoms in total. The van der Waals surface area contributed by atoms with Crippen LogP contribution < -0.4 is 0 Å². The normalized spacial score (nSPS) is 12.2. The maximum Gasteiger partial charge on any atom is 0.305 e. The Morgan fingerprint density at radius 3 is 2.65 bits per heavy atom. The molecular weight excluding hydrogens is 225 g/mol. The summed E-state index contributed by atoms with van der Waals surface area (Å²) in [7, 11) is 0. The number of Topliss-reactive ketones (excluding diaryl/α,β-unsaturated/α-hetero) is 1. The molecule has 0 aromatic heterocycles. The monoisotopic (exact) mass is 239 g/mol. The molecule has 0 saturated carbocycles. The molecule has 1 aromatic carbocycles. The van der Waals surface area contributed by atoms with Gasteiger partial charge in [0.05, 0.1) is 4.92 Å². The van der Waals surface area contributed by atoms with Crippen molar-refractivity contribution in [2.75, 3.05) is 0 Å². The Morgan fingerprint density at radius 2 is 2.18 bits per heavy atom. The molecule has 1 unspecified atom stereocenters. The van der Waals surface area contributed by atoms with Crippen LogP contribution in [-0.2, 0) is 11.2 Å². The van der Waals surface area contributed by atoms with Crippen molar-refractivity contribution in [2.45, 2.75) is 26.7 Å². The third-order valence-electron chi connectivity index (χ3n) is 2.79. The second-order valence-electron chi connectivity index (χ2n) is 3.93. The third kappa shape index (κ3) is 3.09. The molecule has 0 aliphatic carbocycles. The van der Waals surface area contributed by atoms with Gasteiger partial charge < -0.3 is 0 Å². The molecule has 0 heterocycles. The summed E-state index contributed by atoms with van der Waals surface area (Å²) in [5.74, 6) is -1.15. The maximum atomic E-state index is 13.7. The molecule has 0 fully saturated rings. The predicted octanol–water partition coefficient (Wildman–Crippen LogP) is 2.89. The van der Waals surface area contributed by atoms with Crippen molar-refractivity contribution < 1.29 is 14.1 Å². The third-order valence-corrected chi connectivity index (χ3v) is 2.79. The Bertz CT molecular complexity index is 445. The summed E-state index contributed by atoms with van der Waals surface area (Å²) in [6.45, 7) is 3.28. The Morgan fingerprint density at radius 1 is 1.53 bits per heavy atom. The minimum atomic E-state index is -0.836. The van der Waals surface area contributed by atoms with Crippen molar-refractivity contribution in [3.8, 4) is 0 Å². The second-order valence-corrected chi connectivity index (χ2v) is 3.93. The number of benzene rings is 1. The minimum absolute atomic E-state index is 0.0293. The van der Waals surface area contributed by atoms with E-state index in [1.54, 1.807) is 0 Å². The predicted molar refractivity (Wildman–Crippen MR) is 61.2 cm³/mol. The summed E-state index contributed by atoms with van der Waals surface area (Å²) < 4.78 is 13.7. The van der Waals surface area contributed by atoms with Crippen molar-refractivity contribution in [3.63, 3.8) is 0 Å². The molecule has 0 spiro atoms. The standard InChI is InChI=1S/C12H14FNO3/c1-3-9(8(2)15)7-10-5-4-6-11(12(10)13)14(16)17/h4-6,9H,3,7H2,1-2H3. The van der Waals surface area contributed by atoms with E-state index in [0.29, 0.717) is 6.42 Å². The van der Waals surface area contributed by atoms with Crippen molar-refractivity contribution in [3.05, 3.63) is 39.7 Å². The number of carbonyl (C=O) groups is 1. The van der Waals surface area contributed by atoms with Gasteiger partial charge in [-0.3, -0.25) is 14.9 Å². The van der Waals surface area contributed by atoms with Gasteiger partial charge in [0.15, 0.2) is 0 Å². The fourth-order valence-corrected chi connectivity index (χ4v) is 1.71. The number of carbonyl (C=O) groups excluding carboxylic acids is 1. The number of nitro benzene ring substituents is 1. The molecule has 1 atom stereocenters. The molecule has 17 heavy (non-hydrogen) atoms. The number of ketones is 1. The summed E-state index contributed by atoms with van der Waals surface area (Å²) >= 11 is 0. The highest BCUT2D eigenvalue weighted by atomic mass is 19.1. The summed E-state index contributed by atoms with van der Waals surface area (Å²) in [6, 6.07) is 4.03. The molecule has 0 bridgehead atoms. The fourth-order valence-electron chi connectivity index (χ4n) is 1.71. The van der Waals surface area contributed by atoms with E-state index in [1.807, 2.05) is 6.92 Å². The molecule has 0 saturated heterocycles. The van der Waals surface area contributed by atoms with E-state index in [2.05, 4.69) is 0 Å². The largest absolute Gasteiger partial charge is 0.305 e. The molecule has 0 radical (unpaired) electrons. The molecule has 0 aliphatic rings. The summed E-state index contributed by atoms with van der Waals surface area (Å²) in [5, 5.41) is 10.6. The van der Waals surface area contributed by atoms with Gasteiger partial charge in [0.1, 0.15) is 5.78 Å². The van der Waals surface area contributed by atoms with Gasteiger partial charge in [-0.15, -0.1) is 0 Å². The van der Waals surface area contributed by atoms with Crippen LogP contribution in [0.1, 0.15) is 25.8 Å². The van der Waals surface area contributed by atoms with E-state index in [1.165, 1.54) is 19.1 Å². The van der Waals surface area contributed by atoms with E-state index in [4.69, 9.17) is 0 Å². The van der Waals surface area contributed by atoms with Crippen LogP contribution in [-0.4, -0.2) is 10.7 Å². The molecule has 1 aromatic rings. The quantitative estimate of drug-likeness (QED) is 0.586. The van der Waals surface area contributed by atoms with Crippen LogP contribution in [0.15, 0.2) is 18.2 Å². The highest BCUT2D eigenvalue weighted by Gasteiger charge is 2.20. The van der Waals surface area contributed by atoms with Gasteiger partial charge in [-0.1, -0.05) is 19.1 Å². The van der Waals surface area contributed by atoms with E-state index in [0.717, 1.165) is 6.07 Å². The van der Waals surface area contributed by atoms with Crippen molar-refractivity contribution in [1.29, 1.82) is 0 Å². The first-order valence-electron chi connectivity index (χ1n) is 5.39. The number of nitrogens with zero attached hydrogens (tertiary/aromatic N) is 1. The Hall–Kier alpha value is -1.78. The van der Waals surface area contributed by atoms with E-state index < -0.39 is 16.4 Å². The Kier molecular flexibility index (Phi) is 4.31. The average Bonchev–Trinajstić information content (AvgIpc) is 2.26. The van der Waals surface area contributed by atoms with Gasteiger partial charge >= 0.3 is 5.69 Å². The van der Waals surface area contributed by atoms with Crippen LogP contribution in [0.2, 0.25) is 0 Å². The smallest absolute Gasteiger partial charge is 0.300 e. The molecule has 0 aliphatic heterocycles. The topological polar surface area (TPSA) is 60.2 Å².